The number of H-pyrrole nitrogens is 1. The van der Waals surface area contributed by atoms with Gasteiger partial charge in [0, 0.05) is 57.6 Å². The summed E-state index contributed by atoms with van der Waals surface area (Å²) in [4.78, 5) is 38.9. The number of nitrogens with one attached hydrogen (secondary N) is 1. The number of piperidine rings is 1. The molecule has 1 N–H and O–H groups in total. The molecule has 2 aliphatic heterocycles. The number of hydrogen-bond donors (Lipinski definition) is 1. The Morgan fingerprint density at radius 1 is 1.24 bits per heavy atom. The summed E-state index contributed by atoms with van der Waals surface area (Å²) in [7, 11) is 3.49. The highest BCUT2D eigenvalue weighted by Crippen LogP contribution is 2.34. The fourth-order valence-corrected chi connectivity index (χ4v) is 4.80. The van der Waals surface area contributed by atoms with Crippen molar-refractivity contribution in [2.24, 2.45) is 5.92 Å². The van der Waals surface area contributed by atoms with Gasteiger partial charge in [-0.2, -0.15) is 0 Å². The second-order valence-electron chi connectivity index (χ2n) is 8.89. The van der Waals surface area contributed by atoms with Crippen LogP contribution in [0.4, 0.5) is 14.9 Å². The molecule has 2 fully saturated rings. The first-order valence-electron chi connectivity index (χ1n) is 11.4. The van der Waals surface area contributed by atoms with Gasteiger partial charge >= 0.3 is 12.0 Å². The number of likely N-dealkylation sites (N-methyl/N-ethyl adjacent to an activating group) is 1. The van der Waals surface area contributed by atoms with Gasteiger partial charge in [-0.05, 0) is 24.8 Å². The van der Waals surface area contributed by atoms with E-state index in [1.54, 1.807) is 18.2 Å². The highest BCUT2D eigenvalue weighted by molar-refractivity contribution is 6.04. The lowest BCUT2D eigenvalue weighted by molar-refractivity contribution is 0.0388. The number of methoxy groups -OCH3 is 1. The molecule has 2 aliphatic rings. The fraction of sp³-hybridized carbons (Fsp3) is 0.609. The Labute approximate surface area is 192 Å². The van der Waals surface area contributed by atoms with Crippen LogP contribution in [0.1, 0.15) is 30.1 Å². The van der Waals surface area contributed by atoms with Crippen molar-refractivity contribution in [3.63, 3.8) is 0 Å². The molecule has 10 heteroatoms. The summed E-state index contributed by atoms with van der Waals surface area (Å²) in [6, 6.07) is 1.75. The molecule has 3 atom stereocenters. The lowest BCUT2D eigenvalue weighted by atomic mass is 9.91. The maximum Gasteiger partial charge on any atom is 0.341 e. The smallest absolute Gasteiger partial charge is 0.341 e. The second-order valence-corrected chi connectivity index (χ2v) is 8.89. The van der Waals surface area contributed by atoms with Crippen LogP contribution in [0.15, 0.2) is 18.5 Å². The number of carbonyl (C=O) groups excluding carboxylic acids is 2. The minimum absolute atomic E-state index is 0.0301. The number of rotatable bonds is 6. The number of amides is 2. The van der Waals surface area contributed by atoms with Crippen molar-refractivity contribution in [3.05, 3.63) is 24.0 Å². The molecular formula is C23H32FN5O4. The minimum atomic E-state index is -0.943. The van der Waals surface area contributed by atoms with E-state index in [4.69, 9.17) is 9.47 Å². The zero-order chi connectivity index (χ0) is 23.5. The van der Waals surface area contributed by atoms with Gasteiger partial charge in [-0.25, -0.2) is 19.0 Å². The first-order chi connectivity index (χ1) is 15.9. The number of anilines is 1. The van der Waals surface area contributed by atoms with Crippen molar-refractivity contribution in [3.8, 4) is 0 Å². The zero-order valence-electron chi connectivity index (χ0n) is 19.4. The van der Waals surface area contributed by atoms with Gasteiger partial charge in [-0.15, -0.1) is 0 Å². The average molecular weight is 462 g/mol. The molecule has 1 unspecified atom stereocenters. The molecule has 4 heterocycles. The number of aromatic nitrogens is 2. The van der Waals surface area contributed by atoms with E-state index in [2.05, 4.69) is 21.8 Å². The molecule has 9 nitrogen and oxygen atoms in total. The molecule has 2 aromatic rings. The number of carbonyl (C=O) groups is 2. The number of aromatic amines is 1. The van der Waals surface area contributed by atoms with Crippen molar-refractivity contribution < 1.29 is 23.5 Å². The standard InChI is InChI=1S/C23H32FN5O4/c1-15-5-8-29(23(31)28-9-6-16(24)13-28)14-19(15)27(2)20-17-4-7-25-21(17)26-12-18(20)22(30)33-11-10-32-3/h4,7,12,15-16,19H,5-6,8-11,13-14H2,1-3H3,(H,25,26)/t15-,16?,19+/m1/s1. The number of hydrogen-bond acceptors (Lipinski definition) is 6. The average Bonchev–Trinajstić information content (AvgIpc) is 3.46. The summed E-state index contributed by atoms with van der Waals surface area (Å²) in [5.41, 5.74) is 1.77. The van der Waals surface area contributed by atoms with Crippen LogP contribution in [-0.2, 0) is 9.47 Å². The number of esters is 1. The maximum absolute atomic E-state index is 13.7. The molecule has 0 saturated carbocycles. The molecule has 33 heavy (non-hydrogen) atoms. The first kappa shape index (κ1) is 23.3. The zero-order valence-corrected chi connectivity index (χ0v) is 19.4. The summed E-state index contributed by atoms with van der Waals surface area (Å²) in [6.07, 6.45) is 3.60. The van der Waals surface area contributed by atoms with Gasteiger partial charge < -0.3 is 29.2 Å². The molecular weight excluding hydrogens is 429 g/mol. The maximum atomic E-state index is 13.7. The summed E-state index contributed by atoms with van der Waals surface area (Å²) in [5.74, 6) is -0.182. The van der Waals surface area contributed by atoms with Gasteiger partial charge in [0.05, 0.1) is 18.8 Å². The van der Waals surface area contributed by atoms with Crippen LogP contribution in [0.3, 0.4) is 0 Å². The van der Waals surface area contributed by atoms with Crippen LogP contribution in [0.2, 0.25) is 0 Å². The van der Waals surface area contributed by atoms with E-state index in [0.717, 1.165) is 17.5 Å². The van der Waals surface area contributed by atoms with E-state index >= 15 is 0 Å². The minimum Gasteiger partial charge on any atom is -0.460 e. The second kappa shape index (κ2) is 9.94. The molecule has 2 amide bonds. The molecule has 0 spiro atoms. The highest BCUT2D eigenvalue weighted by atomic mass is 19.1. The van der Waals surface area contributed by atoms with Crippen LogP contribution in [0, 0.1) is 5.92 Å². The summed E-state index contributed by atoms with van der Waals surface area (Å²) in [6.45, 7) is 4.37. The lowest BCUT2D eigenvalue weighted by Crippen LogP contribution is -2.55. The number of fused-ring (bicyclic) bond motifs is 1. The van der Waals surface area contributed by atoms with Crippen molar-refractivity contribution in [2.75, 3.05) is 58.5 Å². The number of nitrogens with zero attached hydrogens (tertiary/aromatic N) is 4. The number of alkyl halides is 1. The number of halogens is 1. The van der Waals surface area contributed by atoms with Crippen molar-refractivity contribution in [1.29, 1.82) is 0 Å². The van der Waals surface area contributed by atoms with Crippen LogP contribution < -0.4 is 4.90 Å². The normalized spacial score (nSPS) is 23.2. The molecule has 0 aliphatic carbocycles. The SMILES string of the molecule is COCCOC(=O)c1cnc2[nH]ccc2c1N(C)[C@H]1CN(C(=O)N2CCC(F)C2)CC[C@H]1C. The molecule has 0 radical (unpaired) electrons. The first-order valence-corrected chi connectivity index (χ1v) is 11.4. The Morgan fingerprint density at radius 2 is 2.00 bits per heavy atom. The third-order valence-electron chi connectivity index (χ3n) is 6.74. The van der Waals surface area contributed by atoms with Crippen LogP contribution in [0.5, 0.6) is 0 Å². The van der Waals surface area contributed by atoms with Crippen LogP contribution in [0.25, 0.3) is 11.0 Å². The quantitative estimate of drug-likeness (QED) is 0.525. The molecule has 0 bridgehead atoms. The summed E-state index contributed by atoms with van der Waals surface area (Å²) in [5, 5.41) is 0.814. The Morgan fingerprint density at radius 3 is 2.73 bits per heavy atom. The van der Waals surface area contributed by atoms with E-state index in [0.29, 0.717) is 43.9 Å². The summed E-state index contributed by atoms with van der Waals surface area (Å²) < 4.78 is 24.0. The molecule has 180 valence electrons. The van der Waals surface area contributed by atoms with Crippen molar-refractivity contribution in [2.45, 2.75) is 32.0 Å². The van der Waals surface area contributed by atoms with Gasteiger partial charge in [0.15, 0.2) is 0 Å². The van der Waals surface area contributed by atoms with E-state index in [1.165, 1.54) is 6.20 Å². The fourth-order valence-electron chi connectivity index (χ4n) is 4.80. The van der Waals surface area contributed by atoms with Crippen LogP contribution >= 0.6 is 0 Å². The number of urea groups is 1. The van der Waals surface area contributed by atoms with Gasteiger partial charge in [-0.1, -0.05) is 6.92 Å². The van der Waals surface area contributed by atoms with E-state index in [9.17, 15) is 14.0 Å². The Balaban J connectivity index is 1.60. The number of ether oxygens (including phenoxy) is 2. The number of pyridine rings is 1. The Kier molecular flexibility index (Phi) is 7.02. The van der Waals surface area contributed by atoms with Crippen molar-refractivity contribution in [1.82, 2.24) is 19.8 Å². The number of likely N-dealkylation sites (tertiary alicyclic amines) is 2. The van der Waals surface area contributed by atoms with Crippen molar-refractivity contribution >= 4 is 28.7 Å². The van der Waals surface area contributed by atoms with E-state index < -0.39 is 12.1 Å². The van der Waals surface area contributed by atoms with Gasteiger partial charge in [0.25, 0.3) is 0 Å². The van der Waals surface area contributed by atoms with E-state index in [1.807, 2.05) is 18.0 Å². The van der Waals surface area contributed by atoms with Gasteiger partial charge in [0.2, 0.25) is 0 Å². The predicted octanol–water partition coefficient (Wildman–Crippen LogP) is 2.68. The molecule has 2 aromatic heterocycles. The van der Waals surface area contributed by atoms with Gasteiger partial charge in [0.1, 0.15) is 24.0 Å². The molecule has 4 rings (SSSR count). The lowest BCUT2D eigenvalue weighted by Gasteiger charge is -2.43. The Hall–Kier alpha value is -2.88. The van der Waals surface area contributed by atoms with Gasteiger partial charge in [-0.3, -0.25) is 0 Å². The van der Waals surface area contributed by atoms with Crippen LogP contribution in [-0.4, -0.2) is 97.5 Å². The highest BCUT2D eigenvalue weighted by Gasteiger charge is 2.37. The Bertz CT molecular complexity index is 998. The molecule has 2 saturated heterocycles. The summed E-state index contributed by atoms with van der Waals surface area (Å²) >= 11 is 0. The predicted molar refractivity (Wildman–Crippen MR) is 122 cm³/mol. The monoisotopic (exact) mass is 461 g/mol. The topological polar surface area (TPSA) is 91.0 Å². The third-order valence-corrected chi connectivity index (χ3v) is 6.74. The van der Waals surface area contributed by atoms with E-state index in [-0.39, 0.29) is 31.1 Å². The largest absolute Gasteiger partial charge is 0.460 e. The third kappa shape index (κ3) is 4.75. The molecule has 0 aromatic carbocycles.